The predicted molar refractivity (Wildman–Crippen MR) is 51.1 cm³/mol. The fourth-order valence-corrected chi connectivity index (χ4v) is 1.69. The molecule has 0 amide bonds. The Kier molecular flexibility index (Phi) is 4.52. The van der Waals surface area contributed by atoms with E-state index in [1.54, 1.807) is 0 Å². The molecule has 0 atom stereocenters. The zero-order chi connectivity index (χ0) is 6.62. The lowest BCUT2D eigenvalue weighted by atomic mass is 10.3. The van der Waals surface area contributed by atoms with Crippen molar-refractivity contribution in [2.24, 2.45) is 0 Å². The van der Waals surface area contributed by atoms with Crippen molar-refractivity contribution in [1.82, 2.24) is 0 Å². The van der Waals surface area contributed by atoms with Gasteiger partial charge in [-0.05, 0) is 0 Å². The van der Waals surface area contributed by atoms with Crippen LogP contribution in [0.3, 0.4) is 0 Å². The average molecular weight is 244 g/mol. The molecule has 0 bridgehead atoms. The van der Waals surface area contributed by atoms with Crippen LogP contribution in [0.5, 0.6) is 0 Å². The van der Waals surface area contributed by atoms with Crippen LogP contribution in [0.1, 0.15) is 20.8 Å². The van der Waals surface area contributed by atoms with Crippen LogP contribution < -0.4 is 0 Å². The summed E-state index contributed by atoms with van der Waals surface area (Å²) in [4.78, 5) is 0. The Bertz CT molecular complexity index is 56.0. The first-order chi connectivity index (χ1) is 3.56. The molecule has 0 aliphatic heterocycles. The van der Waals surface area contributed by atoms with Crippen LogP contribution in [0.2, 0.25) is 0 Å². The number of alkyl halides is 1. The van der Waals surface area contributed by atoms with Gasteiger partial charge >= 0.3 is 0 Å². The van der Waals surface area contributed by atoms with Crippen LogP contribution in [-0.4, -0.2) is 14.9 Å². The number of rotatable bonds is 2. The van der Waals surface area contributed by atoms with Crippen molar-refractivity contribution in [2.75, 3.05) is 10.2 Å². The van der Waals surface area contributed by atoms with Crippen LogP contribution in [0.25, 0.3) is 0 Å². The summed E-state index contributed by atoms with van der Waals surface area (Å²) in [5.74, 6) is 1.28. The Morgan fingerprint density at radius 2 is 1.88 bits per heavy atom. The van der Waals surface area contributed by atoms with Gasteiger partial charge in [-0.2, -0.15) is 11.8 Å². The third-order valence-corrected chi connectivity index (χ3v) is 3.16. The lowest BCUT2D eigenvalue weighted by Crippen LogP contribution is -2.08. The molecule has 0 aromatic heterocycles. The van der Waals surface area contributed by atoms with Gasteiger partial charge < -0.3 is 0 Å². The minimum Gasteiger partial charge on any atom is -0.155 e. The van der Waals surface area contributed by atoms with Gasteiger partial charge in [-0.1, -0.05) is 43.4 Å². The number of thioether (sulfide) groups is 1. The van der Waals surface area contributed by atoms with Crippen molar-refractivity contribution >= 4 is 34.4 Å². The molecule has 0 nitrogen and oxygen atoms in total. The Morgan fingerprint density at radius 3 is 2.00 bits per heavy atom. The second kappa shape index (κ2) is 3.99. The van der Waals surface area contributed by atoms with E-state index in [9.17, 15) is 0 Å². The molecule has 0 unspecified atom stereocenters. The molecule has 0 aliphatic carbocycles. The summed E-state index contributed by atoms with van der Waals surface area (Å²) in [6.45, 7) is 6.76. The Labute approximate surface area is 69.9 Å². The van der Waals surface area contributed by atoms with Crippen LogP contribution in [0.15, 0.2) is 0 Å². The van der Waals surface area contributed by atoms with Crippen LogP contribution >= 0.6 is 34.4 Å². The molecule has 0 rings (SSSR count). The highest BCUT2D eigenvalue weighted by molar-refractivity contribution is 14.1. The van der Waals surface area contributed by atoms with Crippen LogP contribution in [-0.2, 0) is 0 Å². The van der Waals surface area contributed by atoms with Crippen LogP contribution in [0, 0.1) is 0 Å². The summed E-state index contributed by atoms with van der Waals surface area (Å²) < 4.78 is 1.73. The zero-order valence-electron chi connectivity index (χ0n) is 5.70. The Hall–Kier alpha value is 1.08. The van der Waals surface area contributed by atoms with Gasteiger partial charge in [-0.3, -0.25) is 0 Å². The van der Waals surface area contributed by atoms with Gasteiger partial charge in [-0.25, -0.2) is 0 Å². The lowest BCUT2D eigenvalue weighted by molar-refractivity contribution is 0.804. The van der Waals surface area contributed by atoms with E-state index in [2.05, 4.69) is 43.4 Å². The molecule has 0 N–H and O–H groups in total. The minimum absolute atomic E-state index is 0.463. The molecular formula is C6H13IS. The van der Waals surface area contributed by atoms with Crippen LogP contribution in [0.4, 0.5) is 0 Å². The predicted octanol–water partition coefficient (Wildman–Crippen LogP) is 2.95. The third-order valence-electron chi connectivity index (χ3n) is 0.612. The van der Waals surface area contributed by atoms with Gasteiger partial charge in [0, 0.05) is 14.9 Å². The summed E-state index contributed by atoms with van der Waals surface area (Å²) in [7, 11) is 0. The zero-order valence-corrected chi connectivity index (χ0v) is 8.67. The lowest BCUT2D eigenvalue weighted by Gasteiger charge is -2.15. The van der Waals surface area contributed by atoms with Gasteiger partial charge in [-0.15, -0.1) is 0 Å². The maximum Gasteiger partial charge on any atom is 0.00865 e. The third kappa shape index (κ3) is 7.08. The number of halogens is 1. The van der Waals surface area contributed by atoms with Crippen molar-refractivity contribution in [2.45, 2.75) is 25.5 Å². The summed E-state index contributed by atoms with van der Waals surface area (Å²) in [6.07, 6.45) is 0. The molecule has 0 radical (unpaired) electrons. The largest absolute Gasteiger partial charge is 0.155 e. The van der Waals surface area contributed by atoms with E-state index in [0.29, 0.717) is 4.75 Å². The van der Waals surface area contributed by atoms with Gasteiger partial charge in [0.2, 0.25) is 0 Å². The fourth-order valence-electron chi connectivity index (χ4n) is 0.345. The monoisotopic (exact) mass is 244 g/mol. The number of hydrogen-bond acceptors (Lipinski definition) is 1. The first-order valence-electron chi connectivity index (χ1n) is 2.76. The quantitative estimate of drug-likeness (QED) is 0.531. The molecule has 0 fully saturated rings. The molecule has 2 heteroatoms. The molecule has 0 spiro atoms. The maximum atomic E-state index is 2.41. The average Bonchev–Trinajstić information content (AvgIpc) is 1.59. The second-order valence-electron chi connectivity index (χ2n) is 2.65. The highest BCUT2D eigenvalue weighted by Crippen LogP contribution is 2.22. The topological polar surface area (TPSA) is 0 Å². The standard InChI is InChI=1S/C6H13IS/c1-6(2,3)8-5-4-7/h4-5H2,1-3H3. The van der Waals surface area contributed by atoms with E-state index in [0.717, 1.165) is 0 Å². The first-order valence-corrected chi connectivity index (χ1v) is 5.27. The summed E-state index contributed by atoms with van der Waals surface area (Å²) in [6, 6.07) is 0. The van der Waals surface area contributed by atoms with E-state index >= 15 is 0 Å². The van der Waals surface area contributed by atoms with E-state index in [1.165, 1.54) is 10.2 Å². The highest BCUT2D eigenvalue weighted by atomic mass is 127. The second-order valence-corrected chi connectivity index (χ2v) is 5.65. The van der Waals surface area contributed by atoms with Crippen molar-refractivity contribution in [3.05, 3.63) is 0 Å². The summed E-state index contributed by atoms with van der Waals surface area (Å²) in [5.41, 5.74) is 0. The number of hydrogen-bond donors (Lipinski definition) is 0. The van der Waals surface area contributed by atoms with Gasteiger partial charge in [0.1, 0.15) is 0 Å². The maximum absolute atomic E-state index is 2.41. The molecule has 0 aliphatic rings. The van der Waals surface area contributed by atoms with E-state index in [4.69, 9.17) is 0 Å². The first kappa shape index (κ1) is 9.08. The molecule has 50 valence electrons. The van der Waals surface area contributed by atoms with Crippen molar-refractivity contribution in [3.8, 4) is 0 Å². The molecule has 0 saturated heterocycles. The minimum atomic E-state index is 0.463. The molecule has 0 aromatic rings. The summed E-state index contributed by atoms with van der Waals surface area (Å²) >= 11 is 4.43. The fraction of sp³-hybridized carbons (Fsp3) is 1.00. The molecule has 0 heterocycles. The Morgan fingerprint density at radius 1 is 1.38 bits per heavy atom. The molecule has 0 saturated carbocycles. The SMILES string of the molecule is CC(C)(C)SCCI. The highest BCUT2D eigenvalue weighted by Gasteiger charge is 2.08. The molecule has 8 heavy (non-hydrogen) atoms. The van der Waals surface area contributed by atoms with E-state index in [-0.39, 0.29) is 0 Å². The Balaban J connectivity index is 3.11. The van der Waals surface area contributed by atoms with E-state index < -0.39 is 0 Å². The van der Waals surface area contributed by atoms with Gasteiger partial charge in [0.15, 0.2) is 0 Å². The van der Waals surface area contributed by atoms with Gasteiger partial charge in [0.25, 0.3) is 0 Å². The van der Waals surface area contributed by atoms with Crippen molar-refractivity contribution < 1.29 is 0 Å². The normalized spacial score (nSPS) is 12.0. The van der Waals surface area contributed by atoms with Crippen molar-refractivity contribution in [3.63, 3.8) is 0 Å². The smallest absolute Gasteiger partial charge is 0.00865 e. The summed E-state index contributed by atoms with van der Waals surface area (Å²) in [5, 5.41) is 0. The molecule has 0 aromatic carbocycles. The van der Waals surface area contributed by atoms with Crippen molar-refractivity contribution in [1.29, 1.82) is 0 Å². The van der Waals surface area contributed by atoms with Gasteiger partial charge in [0.05, 0.1) is 0 Å². The van der Waals surface area contributed by atoms with E-state index in [1.807, 2.05) is 11.8 Å². The molecular weight excluding hydrogens is 231 g/mol.